The SMILES string of the molecule is Cc1cc(C(=O)NCC(C)(O)c2ccsc2)sc1C. The van der Waals surface area contributed by atoms with E-state index in [9.17, 15) is 9.90 Å². The summed E-state index contributed by atoms with van der Waals surface area (Å²) >= 11 is 3.01. The third-order valence-corrected chi connectivity index (χ3v) is 4.96. The summed E-state index contributed by atoms with van der Waals surface area (Å²) in [6.45, 7) is 5.90. The van der Waals surface area contributed by atoms with Gasteiger partial charge in [-0.15, -0.1) is 11.3 Å². The van der Waals surface area contributed by atoms with Crippen LogP contribution >= 0.6 is 22.7 Å². The zero-order valence-electron chi connectivity index (χ0n) is 11.2. The van der Waals surface area contributed by atoms with Gasteiger partial charge in [0, 0.05) is 4.88 Å². The van der Waals surface area contributed by atoms with Crippen LogP contribution < -0.4 is 5.32 Å². The van der Waals surface area contributed by atoms with E-state index >= 15 is 0 Å². The van der Waals surface area contributed by atoms with E-state index < -0.39 is 5.60 Å². The van der Waals surface area contributed by atoms with Crippen molar-refractivity contribution in [2.45, 2.75) is 26.4 Å². The second-order valence-electron chi connectivity index (χ2n) is 4.82. The van der Waals surface area contributed by atoms with E-state index in [0.717, 1.165) is 16.0 Å². The number of carbonyl (C=O) groups is 1. The quantitative estimate of drug-likeness (QED) is 0.910. The fourth-order valence-corrected chi connectivity index (χ4v) is 3.43. The van der Waals surface area contributed by atoms with Crippen LogP contribution in [0.25, 0.3) is 0 Å². The molecule has 2 rings (SSSR count). The minimum atomic E-state index is -1.03. The number of nitrogens with one attached hydrogen (secondary N) is 1. The summed E-state index contributed by atoms with van der Waals surface area (Å²) < 4.78 is 0. The highest BCUT2D eigenvalue weighted by Gasteiger charge is 2.24. The molecule has 2 N–H and O–H groups in total. The molecule has 0 aromatic carbocycles. The van der Waals surface area contributed by atoms with Crippen molar-refractivity contribution >= 4 is 28.6 Å². The smallest absolute Gasteiger partial charge is 0.261 e. The van der Waals surface area contributed by atoms with E-state index in [4.69, 9.17) is 0 Å². The van der Waals surface area contributed by atoms with Crippen LogP contribution in [0.15, 0.2) is 22.9 Å². The summed E-state index contributed by atoms with van der Waals surface area (Å²) in [4.78, 5) is 13.9. The lowest BCUT2D eigenvalue weighted by Gasteiger charge is -2.22. The molecule has 0 bridgehead atoms. The van der Waals surface area contributed by atoms with Gasteiger partial charge in [-0.3, -0.25) is 4.79 Å². The Morgan fingerprint density at radius 3 is 2.74 bits per heavy atom. The zero-order chi connectivity index (χ0) is 14.0. The largest absolute Gasteiger partial charge is 0.384 e. The van der Waals surface area contributed by atoms with Crippen molar-refractivity contribution in [2.24, 2.45) is 0 Å². The Labute approximate surface area is 120 Å². The Hall–Kier alpha value is -1.17. The summed E-state index contributed by atoms with van der Waals surface area (Å²) in [7, 11) is 0. The highest BCUT2D eigenvalue weighted by atomic mass is 32.1. The first-order valence-electron chi connectivity index (χ1n) is 6.00. The number of rotatable bonds is 4. The summed E-state index contributed by atoms with van der Waals surface area (Å²) in [6, 6.07) is 3.75. The monoisotopic (exact) mass is 295 g/mol. The van der Waals surface area contributed by atoms with Crippen LogP contribution in [0, 0.1) is 13.8 Å². The lowest BCUT2D eigenvalue weighted by Crippen LogP contribution is -2.38. The number of carbonyl (C=O) groups excluding carboxylic acids is 1. The normalized spacial score (nSPS) is 14.1. The molecule has 1 unspecified atom stereocenters. The number of hydrogen-bond donors (Lipinski definition) is 2. The number of amides is 1. The summed E-state index contributed by atoms with van der Waals surface area (Å²) in [5, 5.41) is 16.9. The summed E-state index contributed by atoms with van der Waals surface area (Å²) in [6.07, 6.45) is 0. The lowest BCUT2D eigenvalue weighted by molar-refractivity contribution is 0.0531. The van der Waals surface area contributed by atoms with Gasteiger partial charge in [-0.25, -0.2) is 0 Å². The molecule has 2 aromatic rings. The van der Waals surface area contributed by atoms with Gasteiger partial charge in [0.15, 0.2) is 0 Å². The first-order valence-corrected chi connectivity index (χ1v) is 7.76. The molecule has 0 saturated heterocycles. The van der Waals surface area contributed by atoms with Crippen molar-refractivity contribution in [3.05, 3.63) is 43.8 Å². The highest BCUT2D eigenvalue weighted by Crippen LogP contribution is 2.23. The molecule has 2 aromatic heterocycles. The molecule has 1 amide bonds. The lowest BCUT2D eigenvalue weighted by atomic mass is 9.99. The Morgan fingerprint density at radius 1 is 1.47 bits per heavy atom. The number of thiophene rings is 2. The Balaban J connectivity index is 2.01. The Morgan fingerprint density at radius 2 is 2.21 bits per heavy atom. The van der Waals surface area contributed by atoms with Gasteiger partial charge in [-0.2, -0.15) is 11.3 Å². The molecule has 19 heavy (non-hydrogen) atoms. The molecule has 3 nitrogen and oxygen atoms in total. The fourth-order valence-electron chi connectivity index (χ4n) is 1.70. The van der Waals surface area contributed by atoms with Gasteiger partial charge in [0.05, 0.1) is 11.4 Å². The van der Waals surface area contributed by atoms with Crippen molar-refractivity contribution in [1.82, 2.24) is 5.32 Å². The molecule has 0 fully saturated rings. The number of hydrogen-bond acceptors (Lipinski definition) is 4. The summed E-state index contributed by atoms with van der Waals surface area (Å²) in [5.74, 6) is -0.128. The highest BCUT2D eigenvalue weighted by molar-refractivity contribution is 7.14. The van der Waals surface area contributed by atoms with Gasteiger partial charge >= 0.3 is 0 Å². The molecule has 0 saturated carbocycles. The molecular formula is C14H17NO2S2. The molecule has 0 aliphatic rings. The Kier molecular flexibility index (Phi) is 4.08. The second kappa shape index (κ2) is 5.45. The maximum Gasteiger partial charge on any atom is 0.261 e. The predicted molar refractivity (Wildman–Crippen MR) is 80.0 cm³/mol. The van der Waals surface area contributed by atoms with Crippen molar-refractivity contribution in [2.75, 3.05) is 6.54 Å². The maximum atomic E-state index is 12.0. The molecular weight excluding hydrogens is 278 g/mol. The topological polar surface area (TPSA) is 49.3 Å². The molecule has 0 radical (unpaired) electrons. The van der Waals surface area contributed by atoms with Crippen molar-refractivity contribution in [3.8, 4) is 0 Å². The number of aryl methyl sites for hydroxylation is 2. The van der Waals surface area contributed by atoms with Crippen LogP contribution in [0.4, 0.5) is 0 Å². The molecule has 0 aliphatic carbocycles. The van der Waals surface area contributed by atoms with Gasteiger partial charge < -0.3 is 10.4 Å². The average Bonchev–Trinajstić information content (AvgIpc) is 2.98. The third-order valence-electron chi connectivity index (χ3n) is 3.13. The van der Waals surface area contributed by atoms with Crippen LogP contribution in [-0.4, -0.2) is 17.6 Å². The second-order valence-corrected chi connectivity index (χ2v) is 6.85. The van der Waals surface area contributed by atoms with E-state index in [1.54, 1.807) is 6.92 Å². The van der Waals surface area contributed by atoms with E-state index in [2.05, 4.69) is 5.32 Å². The minimum Gasteiger partial charge on any atom is -0.384 e. The maximum absolute atomic E-state index is 12.0. The first-order chi connectivity index (χ1) is 8.90. The zero-order valence-corrected chi connectivity index (χ0v) is 12.8. The van der Waals surface area contributed by atoms with Gasteiger partial charge in [-0.05, 0) is 54.8 Å². The first kappa shape index (κ1) is 14.2. The van der Waals surface area contributed by atoms with Crippen LogP contribution in [0.3, 0.4) is 0 Å². The Bertz CT molecular complexity index is 551. The van der Waals surface area contributed by atoms with Gasteiger partial charge in [-0.1, -0.05) is 0 Å². The molecule has 102 valence electrons. The van der Waals surface area contributed by atoms with Gasteiger partial charge in [0.25, 0.3) is 5.91 Å². The van der Waals surface area contributed by atoms with Crippen molar-refractivity contribution < 1.29 is 9.90 Å². The molecule has 0 aliphatic heterocycles. The van der Waals surface area contributed by atoms with E-state index in [0.29, 0.717) is 4.88 Å². The van der Waals surface area contributed by atoms with Crippen molar-refractivity contribution in [3.63, 3.8) is 0 Å². The molecule has 2 heterocycles. The number of aliphatic hydroxyl groups is 1. The van der Waals surface area contributed by atoms with Crippen LogP contribution in [0.2, 0.25) is 0 Å². The van der Waals surface area contributed by atoms with E-state index in [1.807, 2.05) is 36.7 Å². The van der Waals surface area contributed by atoms with Crippen molar-refractivity contribution in [1.29, 1.82) is 0 Å². The van der Waals surface area contributed by atoms with E-state index in [1.165, 1.54) is 22.7 Å². The summed E-state index contributed by atoms with van der Waals surface area (Å²) in [5.41, 5.74) is 0.924. The molecule has 1 atom stereocenters. The predicted octanol–water partition coefficient (Wildman–Crippen LogP) is 3.06. The fraction of sp³-hybridized carbons (Fsp3) is 0.357. The van der Waals surface area contributed by atoms with Crippen LogP contribution in [0.1, 0.15) is 32.6 Å². The third kappa shape index (κ3) is 3.23. The standard InChI is InChI=1S/C14H17NO2S2/c1-9-6-12(19-10(9)2)13(16)15-8-14(3,17)11-4-5-18-7-11/h4-7,17H,8H2,1-3H3,(H,15,16). The van der Waals surface area contributed by atoms with Gasteiger partial charge in [0.2, 0.25) is 0 Å². The average molecular weight is 295 g/mol. The molecule has 0 spiro atoms. The van der Waals surface area contributed by atoms with Crippen LogP contribution in [0.5, 0.6) is 0 Å². The van der Waals surface area contributed by atoms with Gasteiger partial charge in [0.1, 0.15) is 5.60 Å². The molecule has 5 heteroatoms. The van der Waals surface area contributed by atoms with E-state index in [-0.39, 0.29) is 12.5 Å². The van der Waals surface area contributed by atoms with Crippen LogP contribution in [-0.2, 0) is 5.60 Å². The minimum absolute atomic E-state index is 0.128.